The van der Waals surface area contributed by atoms with Gasteiger partial charge in [-0.15, -0.1) is 17.0 Å². The van der Waals surface area contributed by atoms with Gasteiger partial charge in [0.05, 0.1) is 23.8 Å². The number of benzene rings is 1. The number of Topliss-reactive ketones (excluding diaryl/α,β-unsaturated/α-hetero) is 1. The van der Waals surface area contributed by atoms with Crippen molar-refractivity contribution in [3.05, 3.63) is 48.4 Å². The SMILES string of the molecule is Br.O=C(Cn1c(NCCCO)nc2ccccc21)c1ccco1. The van der Waals surface area contributed by atoms with E-state index in [1.807, 2.05) is 28.8 Å². The second-order valence-electron chi connectivity index (χ2n) is 4.91. The first-order valence-electron chi connectivity index (χ1n) is 7.16. The maximum atomic E-state index is 12.3. The van der Waals surface area contributed by atoms with Gasteiger partial charge in [-0.2, -0.15) is 0 Å². The summed E-state index contributed by atoms with van der Waals surface area (Å²) in [4.78, 5) is 16.8. The summed E-state index contributed by atoms with van der Waals surface area (Å²) in [5.41, 5.74) is 1.70. The van der Waals surface area contributed by atoms with E-state index in [2.05, 4.69) is 10.3 Å². The standard InChI is InChI=1S/C16H17N3O3.BrH/c20-9-4-8-17-16-18-12-5-1-2-6-13(12)19(16)11-14(21)15-7-3-10-22-15;/h1-3,5-7,10,20H,4,8-9,11H2,(H,17,18);1H. The van der Waals surface area contributed by atoms with Crippen LogP contribution in [0.1, 0.15) is 17.0 Å². The zero-order valence-electron chi connectivity index (χ0n) is 12.4. The number of hydrogen-bond donors (Lipinski definition) is 2. The molecule has 0 radical (unpaired) electrons. The average molecular weight is 380 g/mol. The molecule has 0 aliphatic rings. The van der Waals surface area contributed by atoms with E-state index >= 15 is 0 Å². The van der Waals surface area contributed by atoms with Gasteiger partial charge in [-0.3, -0.25) is 4.79 Å². The van der Waals surface area contributed by atoms with Crippen molar-refractivity contribution in [2.75, 3.05) is 18.5 Å². The number of aliphatic hydroxyl groups excluding tert-OH is 1. The van der Waals surface area contributed by atoms with E-state index in [0.29, 0.717) is 24.7 Å². The van der Waals surface area contributed by atoms with E-state index in [4.69, 9.17) is 9.52 Å². The minimum absolute atomic E-state index is 0. The highest BCUT2D eigenvalue weighted by Crippen LogP contribution is 2.20. The van der Waals surface area contributed by atoms with E-state index in [1.54, 1.807) is 12.1 Å². The summed E-state index contributed by atoms with van der Waals surface area (Å²) in [6, 6.07) is 11.0. The highest BCUT2D eigenvalue weighted by molar-refractivity contribution is 8.93. The number of anilines is 1. The number of hydrogen-bond acceptors (Lipinski definition) is 5. The number of ketones is 1. The van der Waals surface area contributed by atoms with Gasteiger partial charge in [-0.25, -0.2) is 4.98 Å². The fraction of sp³-hybridized carbons (Fsp3) is 0.250. The normalized spacial score (nSPS) is 10.5. The first kappa shape index (κ1) is 17.2. The lowest BCUT2D eigenvalue weighted by Gasteiger charge is -2.09. The van der Waals surface area contributed by atoms with Crippen molar-refractivity contribution < 1.29 is 14.3 Å². The van der Waals surface area contributed by atoms with Crippen LogP contribution in [0.5, 0.6) is 0 Å². The Balaban J connectivity index is 0.00000192. The van der Waals surface area contributed by atoms with Crippen molar-refractivity contribution in [2.24, 2.45) is 0 Å². The molecule has 3 aromatic rings. The number of furan rings is 1. The number of para-hydroxylation sites is 2. The first-order valence-corrected chi connectivity index (χ1v) is 7.16. The number of aromatic nitrogens is 2. The molecule has 2 aromatic heterocycles. The monoisotopic (exact) mass is 379 g/mol. The zero-order chi connectivity index (χ0) is 15.4. The predicted octanol–water partition coefficient (Wildman–Crippen LogP) is 2.88. The summed E-state index contributed by atoms with van der Waals surface area (Å²) in [5, 5.41) is 12.1. The highest BCUT2D eigenvalue weighted by atomic mass is 79.9. The van der Waals surface area contributed by atoms with Crippen LogP contribution in [-0.4, -0.2) is 33.6 Å². The highest BCUT2D eigenvalue weighted by Gasteiger charge is 2.15. The lowest BCUT2D eigenvalue weighted by atomic mass is 10.3. The third kappa shape index (κ3) is 3.80. The van der Waals surface area contributed by atoms with Crippen molar-refractivity contribution in [3.8, 4) is 0 Å². The Morgan fingerprint density at radius 3 is 2.83 bits per heavy atom. The van der Waals surface area contributed by atoms with Crippen molar-refractivity contribution >= 4 is 39.7 Å². The van der Waals surface area contributed by atoms with Crippen molar-refractivity contribution in [1.82, 2.24) is 9.55 Å². The lowest BCUT2D eigenvalue weighted by Crippen LogP contribution is -2.14. The molecule has 0 saturated carbocycles. The molecule has 0 aliphatic heterocycles. The predicted molar refractivity (Wildman–Crippen MR) is 93.3 cm³/mol. The number of aliphatic hydroxyl groups is 1. The van der Waals surface area contributed by atoms with Crippen LogP contribution < -0.4 is 5.32 Å². The molecule has 7 heteroatoms. The van der Waals surface area contributed by atoms with E-state index < -0.39 is 0 Å². The quantitative estimate of drug-likeness (QED) is 0.487. The fourth-order valence-corrected chi connectivity index (χ4v) is 2.31. The van der Waals surface area contributed by atoms with Crippen LogP contribution in [0.4, 0.5) is 5.95 Å². The van der Waals surface area contributed by atoms with Gasteiger partial charge in [0.2, 0.25) is 11.7 Å². The Hall–Kier alpha value is -2.12. The van der Waals surface area contributed by atoms with E-state index in [-0.39, 0.29) is 35.9 Å². The Kier molecular flexibility index (Phi) is 5.95. The number of carbonyl (C=O) groups is 1. The van der Waals surface area contributed by atoms with Crippen molar-refractivity contribution in [1.29, 1.82) is 0 Å². The third-order valence-electron chi connectivity index (χ3n) is 3.37. The molecule has 0 spiro atoms. The van der Waals surface area contributed by atoms with Crippen molar-refractivity contribution in [3.63, 3.8) is 0 Å². The Morgan fingerprint density at radius 2 is 2.09 bits per heavy atom. The van der Waals surface area contributed by atoms with Gasteiger partial charge in [0.15, 0.2) is 5.76 Å². The Labute approximate surface area is 143 Å². The molecule has 23 heavy (non-hydrogen) atoms. The van der Waals surface area contributed by atoms with Crippen LogP contribution in [0.2, 0.25) is 0 Å². The van der Waals surface area contributed by atoms with Crippen molar-refractivity contribution in [2.45, 2.75) is 13.0 Å². The maximum Gasteiger partial charge on any atom is 0.217 e. The minimum atomic E-state index is -0.113. The van der Waals surface area contributed by atoms with Gasteiger partial charge >= 0.3 is 0 Å². The molecule has 0 aliphatic carbocycles. The van der Waals surface area contributed by atoms with Crippen LogP contribution in [0, 0.1) is 0 Å². The number of halogens is 1. The molecule has 2 heterocycles. The van der Waals surface area contributed by atoms with Crippen LogP contribution >= 0.6 is 17.0 Å². The molecule has 0 saturated heterocycles. The van der Waals surface area contributed by atoms with E-state index in [1.165, 1.54) is 6.26 Å². The van der Waals surface area contributed by atoms with Gasteiger partial charge in [0.25, 0.3) is 0 Å². The summed E-state index contributed by atoms with van der Waals surface area (Å²) >= 11 is 0. The second-order valence-corrected chi connectivity index (χ2v) is 4.91. The van der Waals surface area contributed by atoms with Crippen LogP contribution in [0.25, 0.3) is 11.0 Å². The minimum Gasteiger partial charge on any atom is -0.461 e. The van der Waals surface area contributed by atoms with Gasteiger partial charge in [-0.05, 0) is 30.7 Å². The van der Waals surface area contributed by atoms with Gasteiger partial charge in [-0.1, -0.05) is 12.1 Å². The summed E-state index contributed by atoms with van der Waals surface area (Å²) < 4.78 is 6.99. The van der Waals surface area contributed by atoms with Gasteiger partial charge in [0, 0.05) is 13.2 Å². The number of nitrogens with one attached hydrogen (secondary N) is 1. The molecule has 0 fully saturated rings. The summed E-state index contributed by atoms with van der Waals surface area (Å²) in [6.07, 6.45) is 2.11. The number of rotatable bonds is 7. The molecule has 6 nitrogen and oxygen atoms in total. The molecule has 0 atom stereocenters. The number of nitrogens with zero attached hydrogens (tertiary/aromatic N) is 2. The molecule has 1 aromatic carbocycles. The van der Waals surface area contributed by atoms with Crippen LogP contribution in [-0.2, 0) is 6.54 Å². The Morgan fingerprint density at radius 1 is 1.26 bits per heavy atom. The smallest absolute Gasteiger partial charge is 0.217 e. The molecule has 0 unspecified atom stereocenters. The van der Waals surface area contributed by atoms with Crippen LogP contribution in [0.15, 0.2) is 47.1 Å². The maximum absolute atomic E-state index is 12.3. The average Bonchev–Trinajstić information content (AvgIpc) is 3.16. The largest absolute Gasteiger partial charge is 0.461 e. The molecular weight excluding hydrogens is 362 g/mol. The summed E-state index contributed by atoms with van der Waals surface area (Å²) in [6.45, 7) is 0.850. The third-order valence-corrected chi connectivity index (χ3v) is 3.37. The first-order chi connectivity index (χ1) is 10.8. The number of imidazole rings is 1. The fourth-order valence-electron chi connectivity index (χ4n) is 2.31. The zero-order valence-corrected chi connectivity index (χ0v) is 14.1. The molecular formula is C16H18BrN3O3. The van der Waals surface area contributed by atoms with E-state index in [0.717, 1.165) is 11.0 Å². The molecule has 0 bridgehead atoms. The van der Waals surface area contributed by atoms with Gasteiger partial charge in [0.1, 0.15) is 0 Å². The molecule has 2 N–H and O–H groups in total. The summed E-state index contributed by atoms with van der Waals surface area (Å²) in [5.74, 6) is 0.840. The number of fused-ring (bicyclic) bond motifs is 1. The topological polar surface area (TPSA) is 80.3 Å². The Bertz CT molecular complexity index is 768. The van der Waals surface area contributed by atoms with E-state index in [9.17, 15) is 4.79 Å². The molecule has 3 rings (SSSR count). The number of carbonyl (C=O) groups excluding carboxylic acids is 1. The lowest BCUT2D eigenvalue weighted by molar-refractivity contribution is 0.0947. The second kappa shape index (κ2) is 7.94. The van der Waals surface area contributed by atoms with Crippen LogP contribution in [0.3, 0.4) is 0 Å². The molecule has 122 valence electrons. The van der Waals surface area contributed by atoms with Gasteiger partial charge < -0.3 is 19.4 Å². The molecule has 0 amide bonds. The summed E-state index contributed by atoms with van der Waals surface area (Å²) in [7, 11) is 0.